The Bertz CT molecular complexity index is 269. The third kappa shape index (κ3) is 3.94. The Morgan fingerprint density at radius 3 is 2.93 bits per heavy atom. The molecule has 0 spiro atoms. The molecule has 76 valence electrons. The molecule has 0 fully saturated rings. The minimum atomic E-state index is 0.864. The van der Waals surface area contributed by atoms with Crippen LogP contribution in [0.4, 0.5) is 0 Å². The first-order valence-corrected chi connectivity index (χ1v) is 4.89. The first kappa shape index (κ1) is 10.6. The minimum absolute atomic E-state index is 0.864. The average Bonchev–Trinajstić information content (AvgIpc) is 2.20. The standard InChI is InChI=1S/C11H17N3/c1-3-12-10(2)13-9-7-11-6-4-5-8-14-11/h4-6,8,12-13H,2-3,7,9H2,1H3. The van der Waals surface area contributed by atoms with Crippen LogP contribution in [-0.2, 0) is 6.42 Å². The SMILES string of the molecule is C=C(NCC)NCCc1ccccn1. The summed E-state index contributed by atoms with van der Waals surface area (Å²) >= 11 is 0. The fraction of sp³-hybridized carbons (Fsp3) is 0.364. The van der Waals surface area contributed by atoms with Crippen molar-refractivity contribution < 1.29 is 0 Å². The van der Waals surface area contributed by atoms with E-state index in [0.717, 1.165) is 31.0 Å². The summed E-state index contributed by atoms with van der Waals surface area (Å²) in [5.74, 6) is 0.878. The molecule has 0 aliphatic rings. The van der Waals surface area contributed by atoms with E-state index in [4.69, 9.17) is 0 Å². The summed E-state index contributed by atoms with van der Waals surface area (Å²) in [6, 6.07) is 5.95. The molecule has 0 bridgehead atoms. The first-order valence-electron chi connectivity index (χ1n) is 4.89. The molecule has 0 aromatic carbocycles. The highest BCUT2D eigenvalue weighted by atomic mass is 15.1. The van der Waals surface area contributed by atoms with Crippen LogP contribution >= 0.6 is 0 Å². The van der Waals surface area contributed by atoms with Crippen LogP contribution in [0.15, 0.2) is 36.8 Å². The van der Waals surface area contributed by atoms with Crippen LogP contribution < -0.4 is 10.6 Å². The molecule has 0 saturated carbocycles. The lowest BCUT2D eigenvalue weighted by molar-refractivity contribution is 0.693. The molecule has 0 aliphatic heterocycles. The molecule has 14 heavy (non-hydrogen) atoms. The smallest absolute Gasteiger partial charge is 0.0912 e. The zero-order valence-corrected chi connectivity index (χ0v) is 8.59. The fourth-order valence-electron chi connectivity index (χ4n) is 1.16. The predicted molar refractivity (Wildman–Crippen MR) is 58.8 cm³/mol. The molecular weight excluding hydrogens is 174 g/mol. The molecular formula is C11H17N3. The van der Waals surface area contributed by atoms with Crippen LogP contribution in [-0.4, -0.2) is 18.1 Å². The van der Waals surface area contributed by atoms with Gasteiger partial charge in [-0.25, -0.2) is 0 Å². The van der Waals surface area contributed by atoms with Crippen LogP contribution in [0, 0.1) is 0 Å². The van der Waals surface area contributed by atoms with Gasteiger partial charge in [-0.3, -0.25) is 4.98 Å². The highest BCUT2D eigenvalue weighted by Crippen LogP contribution is 1.93. The van der Waals surface area contributed by atoms with Gasteiger partial charge in [0.05, 0.1) is 5.82 Å². The number of hydrogen-bond acceptors (Lipinski definition) is 3. The molecule has 0 unspecified atom stereocenters. The maximum absolute atomic E-state index is 4.23. The van der Waals surface area contributed by atoms with E-state index in [1.54, 1.807) is 0 Å². The van der Waals surface area contributed by atoms with Crippen molar-refractivity contribution in [3.63, 3.8) is 0 Å². The average molecular weight is 191 g/mol. The number of aromatic nitrogens is 1. The summed E-state index contributed by atoms with van der Waals surface area (Å²) in [6.45, 7) is 7.64. The van der Waals surface area contributed by atoms with Crippen LogP contribution in [0.1, 0.15) is 12.6 Å². The van der Waals surface area contributed by atoms with E-state index in [1.165, 1.54) is 0 Å². The summed E-state index contributed by atoms with van der Waals surface area (Å²) in [7, 11) is 0. The van der Waals surface area contributed by atoms with E-state index in [1.807, 2.05) is 31.3 Å². The van der Waals surface area contributed by atoms with Crippen LogP contribution in [0.25, 0.3) is 0 Å². The maximum Gasteiger partial charge on any atom is 0.0912 e. The summed E-state index contributed by atoms with van der Waals surface area (Å²) < 4.78 is 0. The molecule has 0 aliphatic carbocycles. The van der Waals surface area contributed by atoms with E-state index in [2.05, 4.69) is 22.2 Å². The van der Waals surface area contributed by atoms with Crippen molar-refractivity contribution in [2.45, 2.75) is 13.3 Å². The van der Waals surface area contributed by atoms with E-state index in [0.29, 0.717) is 0 Å². The Labute approximate surface area is 85.3 Å². The van der Waals surface area contributed by atoms with Crippen molar-refractivity contribution >= 4 is 0 Å². The molecule has 0 saturated heterocycles. The quantitative estimate of drug-likeness (QED) is 0.711. The van der Waals surface area contributed by atoms with Gasteiger partial charge >= 0.3 is 0 Å². The van der Waals surface area contributed by atoms with E-state index in [-0.39, 0.29) is 0 Å². The Morgan fingerprint density at radius 2 is 2.29 bits per heavy atom. The second-order valence-corrected chi connectivity index (χ2v) is 3.01. The van der Waals surface area contributed by atoms with Gasteiger partial charge in [-0.2, -0.15) is 0 Å². The lowest BCUT2D eigenvalue weighted by atomic mass is 10.3. The van der Waals surface area contributed by atoms with Gasteiger partial charge in [0.15, 0.2) is 0 Å². The highest BCUT2D eigenvalue weighted by Gasteiger charge is 1.93. The van der Waals surface area contributed by atoms with Gasteiger partial charge in [0, 0.05) is 31.4 Å². The van der Waals surface area contributed by atoms with Crippen molar-refractivity contribution in [2.75, 3.05) is 13.1 Å². The maximum atomic E-state index is 4.23. The third-order valence-corrected chi connectivity index (χ3v) is 1.84. The summed E-state index contributed by atoms with van der Waals surface area (Å²) in [5, 5.41) is 6.29. The monoisotopic (exact) mass is 191 g/mol. The van der Waals surface area contributed by atoms with Crippen molar-refractivity contribution in [1.82, 2.24) is 15.6 Å². The lowest BCUT2D eigenvalue weighted by Crippen LogP contribution is -2.26. The van der Waals surface area contributed by atoms with E-state index in [9.17, 15) is 0 Å². The Morgan fingerprint density at radius 1 is 1.43 bits per heavy atom. The summed E-state index contributed by atoms with van der Waals surface area (Å²) in [4.78, 5) is 4.23. The summed E-state index contributed by atoms with van der Waals surface area (Å²) in [5.41, 5.74) is 1.10. The van der Waals surface area contributed by atoms with Gasteiger partial charge in [0.2, 0.25) is 0 Å². The Kier molecular flexibility index (Phi) is 4.55. The first-order chi connectivity index (χ1) is 6.83. The second kappa shape index (κ2) is 6.02. The van der Waals surface area contributed by atoms with Gasteiger partial charge in [0.1, 0.15) is 0 Å². The van der Waals surface area contributed by atoms with Crippen LogP contribution in [0.2, 0.25) is 0 Å². The third-order valence-electron chi connectivity index (χ3n) is 1.84. The topological polar surface area (TPSA) is 37.0 Å². The molecule has 1 aromatic heterocycles. The van der Waals surface area contributed by atoms with E-state index >= 15 is 0 Å². The van der Waals surface area contributed by atoms with Gasteiger partial charge in [-0.1, -0.05) is 12.6 Å². The lowest BCUT2D eigenvalue weighted by Gasteiger charge is -2.09. The number of pyridine rings is 1. The molecule has 0 radical (unpaired) electrons. The molecule has 3 heteroatoms. The zero-order valence-electron chi connectivity index (χ0n) is 8.59. The number of nitrogens with one attached hydrogen (secondary N) is 2. The number of hydrogen-bond donors (Lipinski definition) is 2. The highest BCUT2D eigenvalue weighted by molar-refractivity contribution is 5.04. The normalized spacial score (nSPS) is 9.50. The number of rotatable bonds is 6. The van der Waals surface area contributed by atoms with Crippen LogP contribution in [0.5, 0.6) is 0 Å². The Balaban J connectivity index is 2.19. The predicted octanol–water partition coefficient (Wildman–Crippen LogP) is 1.29. The Hall–Kier alpha value is -1.51. The minimum Gasteiger partial charge on any atom is -0.373 e. The van der Waals surface area contributed by atoms with E-state index < -0.39 is 0 Å². The van der Waals surface area contributed by atoms with Crippen molar-refractivity contribution in [2.24, 2.45) is 0 Å². The van der Waals surface area contributed by atoms with Crippen LogP contribution in [0.3, 0.4) is 0 Å². The zero-order chi connectivity index (χ0) is 10.2. The fourth-order valence-corrected chi connectivity index (χ4v) is 1.16. The molecule has 1 rings (SSSR count). The number of nitrogens with zero attached hydrogens (tertiary/aromatic N) is 1. The van der Waals surface area contributed by atoms with Gasteiger partial charge in [-0.05, 0) is 19.1 Å². The molecule has 0 atom stereocenters. The molecule has 0 amide bonds. The summed E-state index contributed by atoms with van der Waals surface area (Å²) in [6.07, 6.45) is 2.74. The second-order valence-electron chi connectivity index (χ2n) is 3.01. The van der Waals surface area contributed by atoms with Crippen molar-refractivity contribution in [1.29, 1.82) is 0 Å². The van der Waals surface area contributed by atoms with Gasteiger partial charge in [0.25, 0.3) is 0 Å². The molecule has 1 heterocycles. The molecule has 2 N–H and O–H groups in total. The molecule has 3 nitrogen and oxygen atoms in total. The largest absolute Gasteiger partial charge is 0.373 e. The van der Waals surface area contributed by atoms with Gasteiger partial charge in [-0.15, -0.1) is 0 Å². The van der Waals surface area contributed by atoms with Gasteiger partial charge < -0.3 is 10.6 Å². The van der Waals surface area contributed by atoms with Crippen molar-refractivity contribution in [3.05, 3.63) is 42.5 Å². The molecule has 1 aromatic rings. The van der Waals surface area contributed by atoms with Crippen molar-refractivity contribution in [3.8, 4) is 0 Å².